The summed E-state index contributed by atoms with van der Waals surface area (Å²) >= 11 is 0. The Morgan fingerprint density at radius 3 is 1.61 bits per heavy atom. The standard InChI is InChI=1S/C55H44N4/c1-54(2)31-32-55(3,4)47-34-49-45(33-46(47)54)50-41-20-12-11-17-36(41)25-30-48(50)59(49)39-26-23-38(24-27-39)52-56-51(37-18-9-6-10-19-37)57-53(58-52)44-29-28-40(35-15-7-5-8-16-35)42-21-13-14-22-43(42)44/h5-30,33-34H,31-32H2,1-4H3. The third kappa shape index (κ3) is 5.77. The minimum atomic E-state index is 0.0896. The van der Waals surface area contributed by atoms with Crippen LogP contribution in [0.4, 0.5) is 0 Å². The fourth-order valence-corrected chi connectivity index (χ4v) is 9.59. The van der Waals surface area contributed by atoms with Crippen molar-refractivity contribution in [3.05, 3.63) is 181 Å². The van der Waals surface area contributed by atoms with Crippen LogP contribution < -0.4 is 0 Å². The van der Waals surface area contributed by atoms with Crippen LogP contribution in [0.5, 0.6) is 0 Å². The molecular weight excluding hydrogens is 717 g/mol. The van der Waals surface area contributed by atoms with E-state index in [9.17, 15) is 0 Å². The van der Waals surface area contributed by atoms with Gasteiger partial charge in [0.1, 0.15) is 0 Å². The van der Waals surface area contributed by atoms with Crippen LogP contribution in [-0.2, 0) is 10.8 Å². The third-order valence-electron chi connectivity index (χ3n) is 12.9. The SMILES string of the molecule is CC1(C)CCC(C)(C)c2cc3c(cc21)c1c2ccccc2ccc1n3-c1ccc(-c2nc(-c3ccccc3)nc(-c3ccc(-c4ccccc4)c4ccccc34)n2)cc1. The molecule has 0 fully saturated rings. The van der Waals surface area contributed by atoms with E-state index in [0.717, 1.165) is 33.2 Å². The van der Waals surface area contributed by atoms with E-state index < -0.39 is 0 Å². The number of rotatable bonds is 5. The highest BCUT2D eigenvalue weighted by Crippen LogP contribution is 2.49. The summed E-state index contributed by atoms with van der Waals surface area (Å²) in [7, 11) is 0. The first-order valence-corrected chi connectivity index (χ1v) is 20.7. The molecule has 0 N–H and O–H groups in total. The minimum Gasteiger partial charge on any atom is -0.309 e. The molecule has 0 unspecified atom stereocenters. The van der Waals surface area contributed by atoms with Crippen LogP contribution in [0.25, 0.3) is 94.3 Å². The summed E-state index contributed by atoms with van der Waals surface area (Å²) < 4.78 is 2.47. The fourth-order valence-electron chi connectivity index (χ4n) is 9.59. The molecule has 1 aliphatic rings. The Morgan fingerprint density at radius 2 is 0.932 bits per heavy atom. The van der Waals surface area contributed by atoms with Gasteiger partial charge in [0.05, 0.1) is 11.0 Å². The highest BCUT2D eigenvalue weighted by molar-refractivity contribution is 6.21. The second-order valence-corrected chi connectivity index (χ2v) is 17.5. The fraction of sp³-hybridized carbons (Fsp3) is 0.145. The Hall–Kier alpha value is -6.91. The Labute approximate surface area is 344 Å². The maximum atomic E-state index is 5.23. The van der Waals surface area contributed by atoms with Crippen molar-refractivity contribution in [1.82, 2.24) is 19.5 Å². The zero-order valence-corrected chi connectivity index (χ0v) is 33.9. The highest BCUT2D eigenvalue weighted by atomic mass is 15.0. The second-order valence-electron chi connectivity index (χ2n) is 17.5. The molecular formula is C55H44N4. The van der Waals surface area contributed by atoms with Crippen LogP contribution in [0, 0.1) is 0 Å². The van der Waals surface area contributed by atoms with Crippen molar-refractivity contribution in [2.45, 2.75) is 51.4 Å². The molecule has 1 aliphatic carbocycles. The molecule has 0 amide bonds. The van der Waals surface area contributed by atoms with Gasteiger partial charge in [0.25, 0.3) is 0 Å². The second kappa shape index (κ2) is 13.3. The van der Waals surface area contributed by atoms with E-state index in [2.05, 4.69) is 184 Å². The van der Waals surface area contributed by atoms with Crippen molar-refractivity contribution in [1.29, 1.82) is 0 Å². The van der Waals surface area contributed by atoms with Gasteiger partial charge in [-0.3, -0.25) is 0 Å². The van der Waals surface area contributed by atoms with E-state index in [1.807, 2.05) is 18.2 Å². The summed E-state index contributed by atoms with van der Waals surface area (Å²) in [4.78, 5) is 15.5. The first-order valence-electron chi connectivity index (χ1n) is 20.7. The quantitative estimate of drug-likeness (QED) is 0.175. The number of benzene rings is 8. The number of aromatic nitrogens is 4. The van der Waals surface area contributed by atoms with E-state index in [0.29, 0.717) is 17.5 Å². The lowest BCUT2D eigenvalue weighted by Crippen LogP contribution is -2.33. The molecule has 10 aromatic rings. The van der Waals surface area contributed by atoms with Gasteiger partial charge >= 0.3 is 0 Å². The normalized spacial score (nSPS) is 14.6. The molecule has 2 heterocycles. The third-order valence-corrected chi connectivity index (χ3v) is 12.9. The van der Waals surface area contributed by atoms with Gasteiger partial charge in [-0.2, -0.15) is 0 Å². The monoisotopic (exact) mass is 760 g/mol. The van der Waals surface area contributed by atoms with Gasteiger partial charge in [0, 0.05) is 33.2 Å². The van der Waals surface area contributed by atoms with Crippen molar-refractivity contribution in [2.24, 2.45) is 0 Å². The predicted octanol–water partition coefficient (Wildman–Crippen LogP) is 14.3. The van der Waals surface area contributed by atoms with Crippen LogP contribution in [0.1, 0.15) is 51.7 Å². The van der Waals surface area contributed by atoms with Gasteiger partial charge in [-0.1, -0.05) is 149 Å². The zero-order chi connectivity index (χ0) is 39.9. The van der Waals surface area contributed by atoms with E-state index >= 15 is 0 Å². The van der Waals surface area contributed by atoms with Crippen molar-refractivity contribution in [2.75, 3.05) is 0 Å². The predicted molar refractivity (Wildman–Crippen MR) is 246 cm³/mol. The largest absolute Gasteiger partial charge is 0.309 e. The number of nitrogens with zero attached hydrogens (tertiary/aromatic N) is 4. The van der Waals surface area contributed by atoms with E-state index in [1.54, 1.807) is 0 Å². The minimum absolute atomic E-state index is 0.0896. The summed E-state index contributed by atoms with van der Waals surface area (Å²) in [6.45, 7) is 9.66. The molecule has 0 saturated carbocycles. The van der Waals surface area contributed by atoms with Crippen LogP contribution in [-0.4, -0.2) is 19.5 Å². The molecule has 8 aromatic carbocycles. The molecule has 284 valence electrons. The van der Waals surface area contributed by atoms with Crippen LogP contribution >= 0.6 is 0 Å². The van der Waals surface area contributed by atoms with Crippen LogP contribution in [0.2, 0.25) is 0 Å². The van der Waals surface area contributed by atoms with Crippen molar-refractivity contribution < 1.29 is 0 Å². The van der Waals surface area contributed by atoms with E-state index in [-0.39, 0.29) is 10.8 Å². The van der Waals surface area contributed by atoms with Gasteiger partial charge < -0.3 is 4.57 Å². The van der Waals surface area contributed by atoms with Gasteiger partial charge in [-0.25, -0.2) is 15.0 Å². The van der Waals surface area contributed by atoms with Crippen LogP contribution in [0.15, 0.2) is 170 Å². The Bertz CT molecular complexity index is 3250. The Morgan fingerprint density at radius 1 is 0.407 bits per heavy atom. The number of hydrogen-bond acceptors (Lipinski definition) is 3. The van der Waals surface area contributed by atoms with Crippen molar-refractivity contribution >= 4 is 43.4 Å². The van der Waals surface area contributed by atoms with E-state index in [1.165, 1.54) is 67.7 Å². The Kier molecular flexibility index (Phi) is 7.96. The molecule has 0 spiro atoms. The molecule has 0 atom stereocenters. The Balaban J connectivity index is 1.09. The average Bonchev–Trinajstić information content (AvgIpc) is 3.62. The molecule has 0 bridgehead atoms. The molecule has 4 nitrogen and oxygen atoms in total. The molecule has 0 saturated heterocycles. The van der Waals surface area contributed by atoms with Crippen LogP contribution in [0.3, 0.4) is 0 Å². The highest BCUT2D eigenvalue weighted by Gasteiger charge is 2.38. The summed E-state index contributed by atoms with van der Waals surface area (Å²) in [5.74, 6) is 1.94. The van der Waals surface area contributed by atoms with Crippen molar-refractivity contribution in [3.63, 3.8) is 0 Å². The summed E-state index contributed by atoms with van der Waals surface area (Å²) in [5, 5.41) is 7.43. The molecule has 11 rings (SSSR count). The maximum absolute atomic E-state index is 5.23. The van der Waals surface area contributed by atoms with Gasteiger partial charge in [0.2, 0.25) is 0 Å². The molecule has 2 aromatic heterocycles. The van der Waals surface area contributed by atoms with Gasteiger partial charge in [-0.05, 0) is 116 Å². The molecule has 4 heteroatoms. The first-order chi connectivity index (χ1) is 28.7. The molecule has 0 radical (unpaired) electrons. The van der Waals surface area contributed by atoms with Gasteiger partial charge in [0.15, 0.2) is 17.5 Å². The average molecular weight is 761 g/mol. The lowest BCUT2D eigenvalue weighted by atomic mass is 9.63. The first kappa shape index (κ1) is 35.3. The lowest BCUT2D eigenvalue weighted by molar-refractivity contribution is 0.332. The summed E-state index contributed by atoms with van der Waals surface area (Å²) in [5.41, 5.74) is 11.9. The molecule has 0 aliphatic heterocycles. The van der Waals surface area contributed by atoms with E-state index in [4.69, 9.17) is 15.0 Å². The number of fused-ring (bicyclic) bond motifs is 7. The smallest absolute Gasteiger partial charge is 0.164 e. The topological polar surface area (TPSA) is 43.6 Å². The summed E-state index contributed by atoms with van der Waals surface area (Å²) in [6, 6.07) is 60.9. The maximum Gasteiger partial charge on any atom is 0.164 e. The van der Waals surface area contributed by atoms with Gasteiger partial charge in [-0.15, -0.1) is 0 Å². The summed E-state index contributed by atoms with van der Waals surface area (Å²) in [6.07, 6.45) is 2.35. The number of hydrogen-bond donors (Lipinski definition) is 0. The zero-order valence-electron chi connectivity index (χ0n) is 33.9. The molecule has 59 heavy (non-hydrogen) atoms. The lowest BCUT2D eigenvalue weighted by Gasteiger charge is -2.42. The van der Waals surface area contributed by atoms with Crippen molar-refractivity contribution in [3.8, 4) is 51.0 Å².